The molecule has 0 aliphatic rings. The van der Waals surface area contributed by atoms with E-state index < -0.39 is 0 Å². The molecular weight excluding hydrogens is 296 g/mol. The van der Waals surface area contributed by atoms with Crippen LogP contribution in [0.15, 0.2) is 12.1 Å². The zero-order chi connectivity index (χ0) is 17.1. The highest BCUT2D eigenvalue weighted by Crippen LogP contribution is 2.25. The number of rotatable bonds is 11. The van der Waals surface area contributed by atoms with Crippen LogP contribution in [0.25, 0.3) is 0 Å². The number of carbonyl (C=O) groups is 1. The van der Waals surface area contributed by atoms with Gasteiger partial charge in [0.2, 0.25) is 5.91 Å². The van der Waals surface area contributed by atoms with Gasteiger partial charge in [-0.1, -0.05) is 12.8 Å². The lowest BCUT2D eigenvalue weighted by Crippen LogP contribution is -2.24. The first-order valence-corrected chi connectivity index (χ1v) is 8.14. The molecule has 0 aliphatic heterocycles. The van der Waals surface area contributed by atoms with Gasteiger partial charge < -0.3 is 26.4 Å². The predicted molar refractivity (Wildman–Crippen MR) is 88.8 cm³/mol. The molecule has 1 aromatic rings. The number of benzene rings is 1. The van der Waals surface area contributed by atoms with Crippen LogP contribution in [0.1, 0.15) is 48.8 Å². The highest BCUT2D eigenvalue weighted by molar-refractivity contribution is 5.76. The van der Waals surface area contributed by atoms with Gasteiger partial charge in [0.05, 0.1) is 13.2 Å². The van der Waals surface area contributed by atoms with Gasteiger partial charge in [0.1, 0.15) is 5.75 Å². The number of nitrogens with one attached hydrogen (secondary N) is 1. The molecule has 0 aromatic heterocycles. The Labute approximate surface area is 137 Å². The van der Waals surface area contributed by atoms with E-state index in [2.05, 4.69) is 5.32 Å². The van der Waals surface area contributed by atoms with Gasteiger partial charge in [-0.3, -0.25) is 4.79 Å². The third-order valence-corrected chi connectivity index (χ3v) is 3.76. The number of hydrogen-bond donors (Lipinski definition) is 5. The molecule has 130 valence electrons. The summed E-state index contributed by atoms with van der Waals surface area (Å²) in [6.07, 6.45) is 4.97. The summed E-state index contributed by atoms with van der Waals surface area (Å²) >= 11 is 0. The summed E-state index contributed by atoms with van der Waals surface area (Å²) in [7, 11) is 0. The van der Waals surface area contributed by atoms with Crippen molar-refractivity contribution in [2.24, 2.45) is 5.73 Å². The minimum absolute atomic E-state index is 0.0204. The number of amides is 1. The van der Waals surface area contributed by atoms with Crippen molar-refractivity contribution < 1.29 is 20.1 Å². The molecule has 0 saturated carbocycles. The molecule has 0 unspecified atom stereocenters. The van der Waals surface area contributed by atoms with Crippen molar-refractivity contribution in [3.8, 4) is 5.75 Å². The van der Waals surface area contributed by atoms with Gasteiger partial charge in [-0.05, 0) is 43.5 Å². The van der Waals surface area contributed by atoms with Crippen LogP contribution in [0.5, 0.6) is 5.75 Å². The van der Waals surface area contributed by atoms with Crippen molar-refractivity contribution in [3.05, 3.63) is 28.8 Å². The molecule has 6 N–H and O–H groups in total. The van der Waals surface area contributed by atoms with Crippen molar-refractivity contribution in [2.45, 2.75) is 51.7 Å². The van der Waals surface area contributed by atoms with E-state index in [4.69, 9.17) is 5.73 Å². The lowest BCUT2D eigenvalue weighted by atomic mass is 10.0. The molecule has 0 fully saturated rings. The number of aromatic hydroxyl groups is 1. The van der Waals surface area contributed by atoms with Crippen LogP contribution in [-0.2, 0) is 24.4 Å². The number of carbonyl (C=O) groups excluding carboxylic acids is 1. The van der Waals surface area contributed by atoms with Crippen LogP contribution < -0.4 is 11.1 Å². The van der Waals surface area contributed by atoms with Gasteiger partial charge in [0.25, 0.3) is 0 Å². The zero-order valence-corrected chi connectivity index (χ0v) is 13.6. The molecule has 1 rings (SSSR count). The number of aryl methyl sites for hydroxylation is 1. The van der Waals surface area contributed by atoms with E-state index in [0.717, 1.165) is 31.2 Å². The molecule has 0 heterocycles. The van der Waals surface area contributed by atoms with Gasteiger partial charge in [-0.25, -0.2) is 0 Å². The van der Waals surface area contributed by atoms with Crippen LogP contribution in [0.2, 0.25) is 0 Å². The molecule has 6 heteroatoms. The second kappa shape index (κ2) is 11.0. The summed E-state index contributed by atoms with van der Waals surface area (Å²) in [5.74, 6) is -0.103. The molecule has 1 amide bonds. The van der Waals surface area contributed by atoms with Crippen molar-refractivity contribution >= 4 is 5.91 Å². The molecule has 0 spiro atoms. The molecular formula is C17H28N2O4. The van der Waals surface area contributed by atoms with E-state index in [1.54, 1.807) is 12.1 Å². The van der Waals surface area contributed by atoms with E-state index in [1.165, 1.54) is 0 Å². The average molecular weight is 324 g/mol. The first kappa shape index (κ1) is 19.4. The van der Waals surface area contributed by atoms with E-state index in [0.29, 0.717) is 37.1 Å². The molecule has 0 saturated heterocycles. The topological polar surface area (TPSA) is 116 Å². The number of unbranched alkanes of at least 4 members (excludes halogenated alkanes) is 3. The highest BCUT2D eigenvalue weighted by atomic mass is 16.3. The molecule has 0 aliphatic carbocycles. The average Bonchev–Trinajstić information content (AvgIpc) is 2.56. The maximum Gasteiger partial charge on any atom is 0.220 e. The summed E-state index contributed by atoms with van der Waals surface area (Å²) < 4.78 is 0. The van der Waals surface area contributed by atoms with Crippen molar-refractivity contribution in [2.75, 3.05) is 13.1 Å². The summed E-state index contributed by atoms with van der Waals surface area (Å²) in [6, 6.07) is 3.32. The Kier molecular flexibility index (Phi) is 9.28. The predicted octanol–water partition coefficient (Wildman–Crippen LogP) is 0.945. The first-order chi connectivity index (χ1) is 11.1. The number of aliphatic hydroxyl groups is 2. The van der Waals surface area contributed by atoms with E-state index in [-0.39, 0.29) is 24.9 Å². The van der Waals surface area contributed by atoms with Crippen molar-refractivity contribution in [3.63, 3.8) is 0 Å². The fourth-order valence-electron chi connectivity index (χ4n) is 2.41. The van der Waals surface area contributed by atoms with Crippen LogP contribution in [0.3, 0.4) is 0 Å². The summed E-state index contributed by atoms with van der Waals surface area (Å²) in [5, 5.41) is 31.1. The second-order valence-corrected chi connectivity index (χ2v) is 5.63. The quantitative estimate of drug-likeness (QED) is 0.389. The molecule has 1 aromatic carbocycles. The van der Waals surface area contributed by atoms with Crippen LogP contribution in [0, 0.1) is 0 Å². The van der Waals surface area contributed by atoms with Crippen LogP contribution in [0.4, 0.5) is 0 Å². The molecule has 6 nitrogen and oxygen atoms in total. The fourth-order valence-corrected chi connectivity index (χ4v) is 2.41. The number of nitrogens with two attached hydrogens (primary N) is 1. The van der Waals surface area contributed by atoms with Crippen molar-refractivity contribution in [1.29, 1.82) is 0 Å². The Morgan fingerprint density at radius 1 is 1.04 bits per heavy atom. The lowest BCUT2D eigenvalue weighted by Gasteiger charge is -2.10. The second-order valence-electron chi connectivity index (χ2n) is 5.63. The molecule has 23 heavy (non-hydrogen) atoms. The lowest BCUT2D eigenvalue weighted by molar-refractivity contribution is -0.121. The number of hydrogen-bond acceptors (Lipinski definition) is 5. The summed E-state index contributed by atoms with van der Waals surface area (Å²) in [4.78, 5) is 11.8. The van der Waals surface area contributed by atoms with Gasteiger partial charge in [0.15, 0.2) is 0 Å². The summed E-state index contributed by atoms with van der Waals surface area (Å²) in [6.45, 7) is 0.775. The third-order valence-electron chi connectivity index (χ3n) is 3.76. The maximum atomic E-state index is 11.8. The Morgan fingerprint density at radius 3 is 2.22 bits per heavy atom. The molecule has 0 radical (unpaired) electrons. The maximum absolute atomic E-state index is 11.8. The van der Waals surface area contributed by atoms with Crippen LogP contribution >= 0.6 is 0 Å². The Morgan fingerprint density at radius 2 is 1.65 bits per heavy atom. The van der Waals surface area contributed by atoms with Gasteiger partial charge in [0, 0.05) is 24.1 Å². The number of phenols is 1. The van der Waals surface area contributed by atoms with Gasteiger partial charge in [-0.2, -0.15) is 0 Å². The number of aliphatic hydroxyl groups excluding tert-OH is 2. The van der Waals surface area contributed by atoms with E-state index in [1.807, 2.05) is 0 Å². The third kappa shape index (κ3) is 6.99. The highest BCUT2D eigenvalue weighted by Gasteiger charge is 2.10. The monoisotopic (exact) mass is 324 g/mol. The Balaban J connectivity index is 2.38. The van der Waals surface area contributed by atoms with Gasteiger partial charge in [-0.15, -0.1) is 0 Å². The minimum atomic E-state index is -0.304. The first-order valence-electron chi connectivity index (χ1n) is 8.14. The molecule has 0 bridgehead atoms. The Bertz CT molecular complexity index is 466. The standard InChI is InChI=1S/C17H28N2O4/c18-7-3-1-2-4-8-19-16(22)6-5-13-9-14(11-20)17(23)15(10-13)12-21/h9-10,20-21,23H,1-8,11-12,18H2,(H,19,22). The van der Waals surface area contributed by atoms with Crippen molar-refractivity contribution in [1.82, 2.24) is 5.32 Å². The van der Waals surface area contributed by atoms with E-state index in [9.17, 15) is 20.1 Å². The smallest absolute Gasteiger partial charge is 0.220 e. The van der Waals surface area contributed by atoms with E-state index >= 15 is 0 Å². The van der Waals surface area contributed by atoms with Crippen LogP contribution in [-0.4, -0.2) is 34.3 Å². The SMILES string of the molecule is NCCCCCCNC(=O)CCc1cc(CO)c(O)c(CO)c1. The summed E-state index contributed by atoms with van der Waals surface area (Å²) in [5.41, 5.74) is 6.97. The normalized spacial score (nSPS) is 10.7. The fraction of sp³-hybridized carbons (Fsp3) is 0.588. The molecule has 0 atom stereocenters. The Hall–Kier alpha value is -1.63. The van der Waals surface area contributed by atoms with Gasteiger partial charge >= 0.3 is 0 Å². The zero-order valence-electron chi connectivity index (χ0n) is 13.6. The largest absolute Gasteiger partial charge is 0.507 e. The minimum Gasteiger partial charge on any atom is -0.507 e.